The van der Waals surface area contributed by atoms with Crippen molar-refractivity contribution in [3.63, 3.8) is 0 Å². The molecule has 3 nitrogen and oxygen atoms in total. The maximum Gasteiger partial charge on any atom is 0.205 e. The summed E-state index contributed by atoms with van der Waals surface area (Å²) in [6, 6.07) is 14.6. The number of hydrogen-bond donors (Lipinski definition) is 2. The quantitative estimate of drug-likeness (QED) is 0.732. The second kappa shape index (κ2) is 5.37. The molecule has 0 aliphatic heterocycles. The first-order chi connectivity index (χ1) is 9.80. The molecular weight excluding hydrogens is 246 g/mol. The molecule has 3 rings (SSSR count). The highest BCUT2D eigenvalue weighted by molar-refractivity contribution is 5.78. The van der Waals surface area contributed by atoms with Gasteiger partial charge in [-0.2, -0.15) is 0 Å². The molecule has 0 amide bonds. The van der Waals surface area contributed by atoms with E-state index in [1.807, 2.05) is 24.3 Å². The van der Waals surface area contributed by atoms with E-state index in [-0.39, 0.29) is 0 Å². The molecule has 3 aromatic rings. The van der Waals surface area contributed by atoms with Gasteiger partial charge < -0.3 is 10.3 Å². The molecule has 0 saturated heterocycles. The van der Waals surface area contributed by atoms with Crippen LogP contribution in [0.15, 0.2) is 42.5 Å². The number of nitrogens with zero attached hydrogens (tertiary/aromatic N) is 1. The third-order valence-corrected chi connectivity index (χ3v) is 3.60. The van der Waals surface area contributed by atoms with Crippen LogP contribution < -0.4 is 5.32 Å². The monoisotopic (exact) mass is 265 g/mol. The summed E-state index contributed by atoms with van der Waals surface area (Å²) in [7, 11) is 0. The fourth-order valence-electron chi connectivity index (χ4n) is 2.42. The zero-order valence-corrected chi connectivity index (χ0v) is 11.9. The zero-order chi connectivity index (χ0) is 13.9. The van der Waals surface area contributed by atoms with Crippen LogP contribution in [0.2, 0.25) is 0 Å². The summed E-state index contributed by atoms with van der Waals surface area (Å²) in [5.41, 5.74) is 5.86. The van der Waals surface area contributed by atoms with Gasteiger partial charge in [0, 0.05) is 5.69 Å². The van der Waals surface area contributed by atoms with Crippen LogP contribution >= 0.6 is 0 Å². The molecule has 0 radical (unpaired) electrons. The lowest BCUT2D eigenvalue weighted by molar-refractivity contribution is 1.09. The van der Waals surface area contributed by atoms with Crippen molar-refractivity contribution in [1.29, 1.82) is 0 Å². The summed E-state index contributed by atoms with van der Waals surface area (Å²) in [4.78, 5) is 7.86. The van der Waals surface area contributed by atoms with E-state index in [1.54, 1.807) is 0 Å². The largest absolute Gasteiger partial charge is 0.326 e. The Morgan fingerprint density at radius 3 is 2.65 bits per heavy atom. The van der Waals surface area contributed by atoms with E-state index in [4.69, 9.17) is 0 Å². The van der Waals surface area contributed by atoms with E-state index >= 15 is 0 Å². The van der Waals surface area contributed by atoms with E-state index in [2.05, 4.69) is 47.3 Å². The van der Waals surface area contributed by atoms with Crippen LogP contribution in [-0.2, 0) is 12.8 Å². The SMILES string of the molecule is CCc1ccc(Nc2nc3ccccc3[nH]2)c(CC)c1. The average Bonchev–Trinajstić information content (AvgIpc) is 2.90. The second-order valence-electron chi connectivity index (χ2n) is 4.93. The van der Waals surface area contributed by atoms with Crippen LogP contribution in [0.3, 0.4) is 0 Å². The summed E-state index contributed by atoms with van der Waals surface area (Å²) in [5, 5.41) is 3.40. The van der Waals surface area contributed by atoms with Crippen LogP contribution in [-0.4, -0.2) is 9.97 Å². The van der Waals surface area contributed by atoms with Crippen molar-refractivity contribution in [3.8, 4) is 0 Å². The first-order valence-electron chi connectivity index (χ1n) is 7.13. The number of aryl methyl sites for hydroxylation is 2. The van der Waals surface area contributed by atoms with Gasteiger partial charge in [-0.25, -0.2) is 4.98 Å². The minimum atomic E-state index is 0.796. The van der Waals surface area contributed by atoms with Crippen LogP contribution in [0.5, 0.6) is 0 Å². The van der Waals surface area contributed by atoms with Crippen molar-refractivity contribution in [3.05, 3.63) is 53.6 Å². The third kappa shape index (κ3) is 2.39. The van der Waals surface area contributed by atoms with Crippen LogP contribution in [0.25, 0.3) is 11.0 Å². The van der Waals surface area contributed by atoms with Crippen LogP contribution in [0.4, 0.5) is 11.6 Å². The van der Waals surface area contributed by atoms with Gasteiger partial charge in [0.25, 0.3) is 0 Å². The molecule has 2 aromatic carbocycles. The number of benzene rings is 2. The molecule has 0 saturated carbocycles. The second-order valence-corrected chi connectivity index (χ2v) is 4.93. The van der Waals surface area contributed by atoms with E-state index in [1.165, 1.54) is 11.1 Å². The summed E-state index contributed by atoms with van der Waals surface area (Å²) < 4.78 is 0. The zero-order valence-electron chi connectivity index (χ0n) is 11.9. The Labute approximate surface area is 119 Å². The van der Waals surface area contributed by atoms with Gasteiger partial charge in [-0.1, -0.05) is 38.1 Å². The fourth-order valence-corrected chi connectivity index (χ4v) is 2.42. The third-order valence-electron chi connectivity index (χ3n) is 3.60. The minimum Gasteiger partial charge on any atom is -0.326 e. The van der Waals surface area contributed by atoms with Crippen molar-refractivity contribution < 1.29 is 0 Å². The first-order valence-corrected chi connectivity index (χ1v) is 7.13. The maximum atomic E-state index is 4.56. The molecule has 2 N–H and O–H groups in total. The average molecular weight is 265 g/mol. The van der Waals surface area contributed by atoms with E-state index in [0.29, 0.717) is 0 Å². The highest BCUT2D eigenvalue weighted by Crippen LogP contribution is 2.23. The topological polar surface area (TPSA) is 40.7 Å². The number of aromatic nitrogens is 2. The molecular formula is C17H19N3. The Hall–Kier alpha value is -2.29. The highest BCUT2D eigenvalue weighted by Gasteiger charge is 2.06. The smallest absolute Gasteiger partial charge is 0.205 e. The Kier molecular flexibility index (Phi) is 3.42. The number of hydrogen-bond acceptors (Lipinski definition) is 2. The molecule has 1 heterocycles. The number of fused-ring (bicyclic) bond motifs is 1. The van der Waals surface area contributed by atoms with Crippen molar-refractivity contribution in [2.45, 2.75) is 26.7 Å². The summed E-state index contributed by atoms with van der Waals surface area (Å²) in [5.74, 6) is 0.796. The number of anilines is 2. The van der Waals surface area contributed by atoms with Crippen LogP contribution in [0, 0.1) is 0 Å². The van der Waals surface area contributed by atoms with Gasteiger partial charge in [-0.15, -0.1) is 0 Å². The summed E-state index contributed by atoms with van der Waals surface area (Å²) in [6.45, 7) is 4.36. The maximum absolute atomic E-state index is 4.56. The molecule has 0 spiro atoms. The molecule has 0 aliphatic rings. The van der Waals surface area contributed by atoms with Gasteiger partial charge in [0.05, 0.1) is 11.0 Å². The summed E-state index contributed by atoms with van der Waals surface area (Å²) in [6.07, 6.45) is 2.08. The standard InChI is InChI=1S/C17H19N3/c1-3-12-9-10-14(13(4-2)11-12)18-17-19-15-7-5-6-8-16(15)20-17/h5-11H,3-4H2,1-2H3,(H2,18,19,20). The van der Waals surface area contributed by atoms with Gasteiger partial charge in [0.2, 0.25) is 5.95 Å². The number of aromatic amines is 1. The molecule has 1 aromatic heterocycles. The van der Waals surface area contributed by atoms with Gasteiger partial charge in [-0.05, 0) is 42.2 Å². The van der Waals surface area contributed by atoms with Gasteiger partial charge in [-0.3, -0.25) is 0 Å². The molecule has 0 bridgehead atoms. The molecule has 0 atom stereocenters. The van der Waals surface area contributed by atoms with Crippen molar-refractivity contribution in [2.75, 3.05) is 5.32 Å². The Morgan fingerprint density at radius 1 is 1.05 bits per heavy atom. The number of imidazole rings is 1. The van der Waals surface area contributed by atoms with Crippen molar-refractivity contribution in [1.82, 2.24) is 9.97 Å². The number of H-pyrrole nitrogens is 1. The van der Waals surface area contributed by atoms with Gasteiger partial charge in [0.15, 0.2) is 0 Å². The van der Waals surface area contributed by atoms with Crippen LogP contribution in [0.1, 0.15) is 25.0 Å². The molecule has 102 valence electrons. The Balaban J connectivity index is 1.93. The molecule has 0 aliphatic carbocycles. The lowest BCUT2D eigenvalue weighted by Crippen LogP contribution is -1.98. The minimum absolute atomic E-state index is 0.796. The predicted molar refractivity (Wildman–Crippen MR) is 84.6 cm³/mol. The number of para-hydroxylation sites is 2. The molecule has 20 heavy (non-hydrogen) atoms. The van der Waals surface area contributed by atoms with E-state index in [9.17, 15) is 0 Å². The predicted octanol–water partition coefficient (Wildman–Crippen LogP) is 4.43. The number of nitrogens with one attached hydrogen (secondary N) is 2. The van der Waals surface area contributed by atoms with E-state index < -0.39 is 0 Å². The lowest BCUT2D eigenvalue weighted by Gasteiger charge is -2.10. The Bertz CT molecular complexity index is 695. The molecule has 0 unspecified atom stereocenters. The normalized spacial score (nSPS) is 10.9. The van der Waals surface area contributed by atoms with Gasteiger partial charge in [0.1, 0.15) is 0 Å². The fraction of sp³-hybridized carbons (Fsp3) is 0.235. The van der Waals surface area contributed by atoms with Crippen molar-refractivity contribution in [2.24, 2.45) is 0 Å². The number of rotatable bonds is 4. The van der Waals surface area contributed by atoms with Gasteiger partial charge >= 0.3 is 0 Å². The molecule has 0 fully saturated rings. The molecule has 3 heteroatoms. The van der Waals surface area contributed by atoms with Crippen molar-refractivity contribution >= 4 is 22.7 Å². The Morgan fingerprint density at radius 2 is 1.90 bits per heavy atom. The highest BCUT2D eigenvalue weighted by atomic mass is 15.1. The van der Waals surface area contributed by atoms with E-state index in [0.717, 1.165) is 35.5 Å². The summed E-state index contributed by atoms with van der Waals surface area (Å²) >= 11 is 0. The lowest BCUT2D eigenvalue weighted by atomic mass is 10.0. The first kappa shape index (κ1) is 12.7.